The van der Waals surface area contributed by atoms with E-state index >= 15 is 0 Å². The highest BCUT2D eigenvalue weighted by molar-refractivity contribution is 7.89. The minimum Gasteiger partial charge on any atom is -0.435 e. The van der Waals surface area contributed by atoms with Gasteiger partial charge < -0.3 is 15.0 Å². The number of hydrogen-bond donors (Lipinski definition) is 1. The van der Waals surface area contributed by atoms with Gasteiger partial charge in [0, 0.05) is 38.3 Å². The number of benzene rings is 2. The van der Waals surface area contributed by atoms with E-state index in [0.29, 0.717) is 5.56 Å². The summed E-state index contributed by atoms with van der Waals surface area (Å²) in [6, 6.07) is 10.6. The van der Waals surface area contributed by atoms with Gasteiger partial charge in [-0.3, -0.25) is 0 Å². The first-order valence-corrected chi connectivity index (χ1v) is 11.2. The second-order valence-electron chi connectivity index (χ2n) is 7.44. The topological polar surface area (TPSA) is 79.0 Å². The van der Waals surface area contributed by atoms with Crippen molar-refractivity contribution in [3.8, 4) is 5.75 Å². The molecule has 0 fully saturated rings. The Labute approximate surface area is 183 Å². The van der Waals surface area contributed by atoms with E-state index in [1.165, 1.54) is 34.6 Å². The van der Waals surface area contributed by atoms with E-state index in [1.54, 1.807) is 23.1 Å². The van der Waals surface area contributed by atoms with E-state index in [1.807, 2.05) is 0 Å². The SMILES string of the molecule is O=C(NCc1ccccc1F)N1CC2=C(C1)CN(S(=O)(=O)c1ccc(OC(F)F)cc1)C2. The third-order valence-corrected chi connectivity index (χ3v) is 7.17. The lowest BCUT2D eigenvalue weighted by Gasteiger charge is -2.23. The number of ether oxygens (including phenoxy) is 1. The predicted molar refractivity (Wildman–Crippen MR) is 109 cm³/mol. The fourth-order valence-corrected chi connectivity index (χ4v) is 5.16. The molecule has 0 saturated carbocycles. The van der Waals surface area contributed by atoms with Gasteiger partial charge in [0.2, 0.25) is 10.0 Å². The third kappa shape index (κ3) is 4.58. The summed E-state index contributed by atoms with van der Waals surface area (Å²) in [6.45, 7) is -2.08. The van der Waals surface area contributed by atoms with Crippen LogP contribution in [0.2, 0.25) is 0 Å². The van der Waals surface area contributed by atoms with E-state index in [-0.39, 0.29) is 49.4 Å². The van der Waals surface area contributed by atoms with Gasteiger partial charge in [0.05, 0.1) is 4.90 Å². The Kier molecular flexibility index (Phi) is 6.11. The molecule has 2 aromatic rings. The highest BCUT2D eigenvalue weighted by Gasteiger charge is 2.37. The van der Waals surface area contributed by atoms with E-state index < -0.39 is 22.5 Å². The van der Waals surface area contributed by atoms with Crippen molar-refractivity contribution in [2.45, 2.75) is 18.1 Å². The number of carbonyl (C=O) groups is 1. The standard InChI is InChI=1S/C21H20F3N3O4S/c22-19-4-2-1-3-14(19)9-25-21(28)26-10-15-12-27(13-16(15)11-26)32(29,30)18-7-5-17(6-8-18)31-20(23)24/h1-8,20H,9-13H2,(H,25,28). The molecule has 32 heavy (non-hydrogen) atoms. The van der Waals surface area contributed by atoms with Crippen LogP contribution in [0.4, 0.5) is 18.0 Å². The number of rotatable bonds is 6. The number of amides is 2. The second-order valence-corrected chi connectivity index (χ2v) is 9.37. The Bertz CT molecular complexity index is 1140. The average Bonchev–Trinajstić information content (AvgIpc) is 3.33. The van der Waals surface area contributed by atoms with Crippen LogP contribution in [0.3, 0.4) is 0 Å². The van der Waals surface area contributed by atoms with Gasteiger partial charge in [-0.05, 0) is 41.5 Å². The molecule has 0 saturated heterocycles. The predicted octanol–water partition coefficient (Wildman–Crippen LogP) is 2.95. The lowest BCUT2D eigenvalue weighted by Crippen LogP contribution is -2.41. The summed E-state index contributed by atoms with van der Waals surface area (Å²) >= 11 is 0. The van der Waals surface area contributed by atoms with Gasteiger partial charge in [0.25, 0.3) is 0 Å². The van der Waals surface area contributed by atoms with Crippen LogP contribution in [0.15, 0.2) is 64.6 Å². The van der Waals surface area contributed by atoms with Crippen molar-refractivity contribution in [3.05, 3.63) is 71.1 Å². The number of carbonyl (C=O) groups excluding carboxylic acids is 1. The molecule has 170 valence electrons. The summed E-state index contributed by atoms with van der Waals surface area (Å²) in [4.78, 5) is 14.0. The maximum atomic E-state index is 13.7. The minimum atomic E-state index is -3.83. The molecule has 0 radical (unpaired) electrons. The number of alkyl halides is 2. The van der Waals surface area contributed by atoms with Gasteiger partial charge in [-0.2, -0.15) is 13.1 Å². The average molecular weight is 467 g/mol. The zero-order valence-electron chi connectivity index (χ0n) is 16.8. The first kappa shape index (κ1) is 22.2. The fraction of sp³-hybridized carbons (Fsp3) is 0.286. The van der Waals surface area contributed by atoms with Crippen molar-refractivity contribution in [1.82, 2.24) is 14.5 Å². The Hall–Kier alpha value is -3.05. The molecule has 2 amide bonds. The van der Waals surface area contributed by atoms with Crippen LogP contribution < -0.4 is 10.1 Å². The second kappa shape index (κ2) is 8.83. The Morgan fingerprint density at radius 2 is 1.62 bits per heavy atom. The molecule has 1 N–H and O–H groups in total. The van der Waals surface area contributed by atoms with Crippen LogP contribution in [-0.2, 0) is 16.6 Å². The molecule has 2 aliphatic heterocycles. The smallest absolute Gasteiger partial charge is 0.387 e. The molecule has 2 aromatic carbocycles. The van der Waals surface area contributed by atoms with Crippen molar-refractivity contribution in [2.24, 2.45) is 0 Å². The number of sulfonamides is 1. The van der Waals surface area contributed by atoms with Crippen molar-refractivity contribution in [3.63, 3.8) is 0 Å². The van der Waals surface area contributed by atoms with Crippen LogP contribution in [0, 0.1) is 5.82 Å². The first-order valence-electron chi connectivity index (χ1n) is 9.75. The van der Waals surface area contributed by atoms with Crippen LogP contribution in [0.25, 0.3) is 0 Å². The fourth-order valence-electron chi connectivity index (χ4n) is 3.73. The molecule has 0 spiro atoms. The van der Waals surface area contributed by atoms with Gasteiger partial charge in [0.1, 0.15) is 11.6 Å². The van der Waals surface area contributed by atoms with Gasteiger partial charge in [0.15, 0.2) is 0 Å². The molecule has 2 aliphatic rings. The van der Waals surface area contributed by atoms with Crippen LogP contribution in [0.5, 0.6) is 5.75 Å². The minimum absolute atomic E-state index is 0.0280. The molecule has 7 nitrogen and oxygen atoms in total. The zero-order chi connectivity index (χ0) is 22.9. The van der Waals surface area contributed by atoms with Crippen molar-refractivity contribution >= 4 is 16.1 Å². The lowest BCUT2D eigenvalue weighted by atomic mass is 10.2. The van der Waals surface area contributed by atoms with Crippen LogP contribution in [-0.4, -0.2) is 56.4 Å². The summed E-state index contributed by atoms with van der Waals surface area (Å²) < 4.78 is 69.5. The summed E-state index contributed by atoms with van der Waals surface area (Å²) in [5.41, 5.74) is 2.06. The number of nitrogens with zero attached hydrogens (tertiary/aromatic N) is 2. The first-order chi connectivity index (χ1) is 15.2. The molecule has 0 aromatic heterocycles. The van der Waals surface area contributed by atoms with E-state index in [4.69, 9.17) is 0 Å². The van der Waals surface area contributed by atoms with E-state index in [2.05, 4.69) is 10.1 Å². The molecule has 11 heteroatoms. The van der Waals surface area contributed by atoms with Gasteiger partial charge in [-0.25, -0.2) is 17.6 Å². The van der Waals surface area contributed by atoms with E-state index in [9.17, 15) is 26.4 Å². The van der Waals surface area contributed by atoms with Gasteiger partial charge in [-0.15, -0.1) is 0 Å². The molecule has 4 rings (SSSR count). The van der Waals surface area contributed by atoms with Crippen molar-refractivity contribution in [1.29, 1.82) is 0 Å². The van der Waals surface area contributed by atoms with Crippen LogP contribution in [0.1, 0.15) is 5.56 Å². The number of urea groups is 1. The maximum Gasteiger partial charge on any atom is 0.387 e. The Morgan fingerprint density at radius 1 is 1.00 bits per heavy atom. The molecule has 2 heterocycles. The van der Waals surface area contributed by atoms with Gasteiger partial charge >= 0.3 is 12.6 Å². The molecule has 0 aliphatic carbocycles. The molecular weight excluding hydrogens is 447 g/mol. The summed E-state index contributed by atoms with van der Waals surface area (Å²) in [6.07, 6.45) is 0. The van der Waals surface area contributed by atoms with Crippen LogP contribution >= 0.6 is 0 Å². The Morgan fingerprint density at radius 3 is 2.22 bits per heavy atom. The molecular formula is C21H20F3N3O4S. The van der Waals surface area contributed by atoms with Gasteiger partial charge in [-0.1, -0.05) is 18.2 Å². The lowest BCUT2D eigenvalue weighted by molar-refractivity contribution is -0.0498. The number of nitrogens with one attached hydrogen (secondary N) is 1. The third-order valence-electron chi connectivity index (χ3n) is 5.36. The summed E-state index contributed by atoms with van der Waals surface area (Å²) in [5.74, 6) is -0.525. The molecule has 0 bridgehead atoms. The van der Waals surface area contributed by atoms with Crippen molar-refractivity contribution < 1.29 is 31.1 Å². The molecule has 0 unspecified atom stereocenters. The number of hydrogen-bond acceptors (Lipinski definition) is 4. The normalized spacial score (nSPS) is 16.6. The van der Waals surface area contributed by atoms with E-state index in [0.717, 1.165) is 11.1 Å². The monoisotopic (exact) mass is 467 g/mol. The summed E-state index contributed by atoms with van der Waals surface area (Å²) in [7, 11) is -3.83. The van der Waals surface area contributed by atoms with Crippen molar-refractivity contribution in [2.75, 3.05) is 26.2 Å². The highest BCUT2D eigenvalue weighted by atomic mass is 32.2. The zero-order valence-corrected chi connectivity index (χ0v) is 17.6. The highest BCUT2D eigenvalue weighted by Crippen LogP contribution is 2.30. The quantitative estimate of drug-likeness (QED) is 0.663. The largest absolute Gasteiger partial charge is 0.435 e. The number of halogens is 3. The summed E-state index contributed by atoms with van der Waals surface area (Å²) in [5, 5.41) is 2.68. The maximum absolute atomic E-state index is 13.7. The molecule has 0 atom stereocenters. The Balaban J connectivity index is 1.33.